The molecule has 1 atom stereocenters. The largest absolute Gasteiger partial charge is 0.481 e. The van der Waals surface area contributed by atoms with Gasteiger partial charge < -0.3 is 15.4 Å². The predicted octanol–water partition coefficient (Wildman–Crippen LogP) is 1.56. The quantitative estimate of drug-likeness (QED) is 0.746. The number of benzene rings is 1. The van der Waals surface area contributed by atoms with Crippen LogP contribution in [0.2, 0.25) is 0 Å². The van der Waals surface area contributed by atoms with E-state index in [1.807, 2.05) is 12.1 Å². The van der Waals surface area contributed by atoms with Crippen LogP contribution >= 0.6 is 0 Å². The first kappa shape index (κ1) is 18.3. The van der Waals surface area contributed by atoms with Gasteiger partial charge in [-0.25, -0.2) is 0 Å². The van der Waals surface area contributed by atoms with Crippen molar-refractivity contribution in [3.05, 3.63) is 29.8 Å². The zero-order chi connectivity index (χ0) is 17.4. The van der Waals surface area contributed by atoms with Gasteiger partial charge >= 0.3 is 0 Å². The van der Waals surface area contributed by atoms with E-state index in [4.69, 9.17) is 11.2 Å². The Kier molecular flexibility index (Phi) is 7.10. The van der Waals surface area contributed by atoms with Gasteiger partial charge in [-0.3, -0.25) is 9.69 Å². The number of ether oxygens (including phenoxy) is 1. The van der Waals surface area contributed by atoms with Gasteiger partial charge in [-0.1, -0.05) is 18.1 Å². The number of amides is 1. The Morgan fingerprint density at radius 3 is 2.62 bits per heavy atom. The first-order chi connectivity index (χ1) is 11.6. The maximum Gasteiger partial charge on any atom is 0.233 e. The molecule has 1 aliphatic heterocycles. The van der Waals surface area contributed by atoms with Crippen molar-refractivity contribution >= 4 is 5.91 Å². The van der Waals surface area contributed by atoms with Crippen LogP contribution in [0.15, 0.2) is 24.3 Å². The van der Waals surface area contributed by atoms with Gasteiger partial charge in [0.05, 0.1) is 6.54 Å². The molecule has 130 valence electrons. The Labute approximate surface area is 144 Å². The molecule has 5 heteroatoms. The van der Waals surface area contributed by atoms with Crippen LogP contribution in [-0.2, 0) is 4.79 Å². The van der Waals surface area contributed by atoms with Gasteiger partial charge in [0.25, 0.3) is 0 Å². The number of nitrogens with one attached hydrogen (secondary N) is 2. The summed E-state index contributed by atoms with van der Waals surface area (Å²) in [6, 6.07) is 8.82. The Morgan fingerprint density at radius 1 is 1.38 bits per heavy atom. The molecule has 0 unspecified atom stereocenters. The molecule has 0 aliphatic carbocycles. The number of carbonyl (C=O) groups is 1. The van der Waals surface area contributed by atoms with Crippen molar-refractivity contribution in [1.29, 1.82) is 0 Å². The topological polar surface area (TPSA) is 53.6 Å². The number of nitrogens with zero attached hydrogens (tertiary/aromatic N) is 1. The summed E-state index contributed by atoms with van der Waals surface area (Å²) in [5.41, 5.74) is 1.23. The fraction of sp³-hybridized carbons (Fsp3) is 0.526. The molecule has 1 heterocycles. The van der Waals surface area contributed by atoms with Crippen LogP contribution in [0.3, 0.4) is 0 Å². The third kappa shape index (κ3) is 5.55. The molecule has 2 N–H and O–H groups in total. The van der Waals surface area contributed by atoms with Crippen LogP contribution in [-0.4, -0.2) is 50.1 Å². The van der Waals surface area contributed by atoms with Gasteiger partial charge in [-0.2, -0.15) is 0 Å². The lowest BCUT2D eigenvalue weighted by atomic mass is 10.0. The normalized spacial score (nSPS) is 17.0. The summed E-state index contributed by atoms with van der Waals surface area (Å²) in [6.07, 6.45) is 7.31. The molecule has 0 saturated carbocycles. The molecule has 0 radical (unpaired) electrons. The second-order valence-electron chi connectivity index (χ2n) is 6.17. The molecular formula is C19H27N3O2. The molecule has 0 aromatic heterocycles. The minimum absolute atomic E-state index is 0.0851. The van der Waals surface area contributed by atoms with Crippen LogP contribution in [0.5, 0.6) is 5.75 Å². The number of hydrogen-bond donors (Lipinski definition) is 2. The smallest absolute Gasteiger partial charge is 0.233 e. The number of carbonyl (C=O) groups excluding carboxylic acids is 1. The molecule has 1 saturated heterocycles. The predicted molar refractivity (Wildman–Crippen MR) is 95.8 cm³/mol. The van der Waals surface area contributed by atoms with Crippen molar-refractivity contribution in [3.63, 3.8) is 0 Å². The molecule has 1 aromatic carbocycles. The maximum atomic E-state index is 11.4. The van der Waals surface area contributed by atoms with Gasteiger partial charge in [0.1, 0.15) is 12.4 Å². The van der Waals surface area contributed by atoms with E-state index in [9.17, 15) is 4.79 Å². The fourth-order valence-electron chi connectivity index (χ4n) is 2.97. The lowest BCUT2D eigenvalue weighted by Gasteiger charge is -2.33. The van der Waals surface area contributed by atoms with E-state index < -0.39 is 0 Å². The maximum absolute atomic E-state index is 11.4. The second-order valence-corrected chi connectivity index (χ2v) is 6.17. The Hall–Kier alpha value is -2.03. The number of likely N-dealkylation sites (tertiary alicyclic amines) is 1. The van der Waals surface area contributed by atoms with Crippen LogP contribution < -0.4 is 15.4 Å². The Balaban J connectivity index is 1.78. The molecule has 1 amide bonds. The summed E-state index contributed by atoms with van der Waals surface area (Å²) in [7, 11) is 1.68. The summed E-state index contributed by atoms with van der Waals surface area (Å²) >= 11 is 0. The number of likely N-dealkylation sites (N-methyl/N-ethyl adjacent to an activating group) is 1. The van der Waals surface area contributed by atoms with E-state index >= 15 is 0 Å². The third-order valence-electron chi connectivity index (χ3n) is 4.42. The van der Waals surface area contributed by atoms with Crippen LogP contribution in [0.25, 0.3) is 0 Å². The van der Waals surface area contributed by atoms with Crippen molar-refractivity contribution < 1.29 is 9.53 Å². The van der Waals surface area contributed by atoms with Crippen LogP contribution in [0.4, 0.5) is 0 Å². The van der Waals surface area contributed by atoms with Crippen LogP contribution in [0.1, 0.15) is 31.4 Å². The SMILES string of the molecule is C#CCOc1ccc([C@@H](C)NC2CCN(CC(=O)NC)CC2)cc1. The van der Waals surface area contributed by atoms with Crippen LogP contribution in [0, 0.1) is 12.3 Å². The van der Waals surface area contributed by atoms with E-state index in [-0.39, 0.29) is 11.9 Å². The molecular weight excluding hydrogens is 302 g/mol. The van der Waals surface area contributed by atoms with Gasteiger partial charge in [-0.05, 0) is 37.5 Å². The number of terminal acetylenes is 1. The lowest BCUT2D eigenvalue weighted by Crippen LogP contribution is -2.46. The molecule has 1 fully saturated rings. The number of rotatable bonds is 7. The van der Waals surface area contributed by atoms with Gasteiger partial charge in [-0.15, -0.1) is 6.42 Å². The van der Waals surface area contributed by atoms with E-state index in [0.29, 0.717) is 19.2 Å². The average Bonchev–Trinajstić information content (AvgIpc) is 2.61. The first-order valence-electron chi connectivity index (χ1n) is 8.47. The standard InChI is InChI=1S/C19H27N3O2/c1-4-13-24-18-7-5-16(6-8-18)15(2)21-17-9-11-22(12-10-17)14-19(23)20-3/h1,5-8,15,17,21H,9-14H2,2-3H3,(H,20,23)/t15-/m1/s1. The minimum atomic E-state index is 0.0851. The van der Waals surface area contributed by atoms with E-state index in [2.05, 4.69) is 40.5 Å². The molecule has 2 rings (SSSR count). The molecule has 0 spiro atoms. The molecule has 1 aromatic rings. The van der Waals surface area contributed by atoms with Gasteiger partial charge in [0.15, 0.2) is 0 Å². The van der Waals surface area contributed by atoms with Crippen molar-refractivity contribution in [2.45, 2.75) is 31.8 Å². The van der Waals surface area contributed by atoms with Gasteiger partial charge in [0.2, 0.25) is 5.91 Å². The van der Waals surface area contributed by atoms with Crippen molar-refractivity contribution in [2.75, 3.05) is 33.3 Å². The number of hydrogen-bond acceptors (Lipinski definition) is 4. The minimum Gasteiger partial charge on any atom is -0.481 e. The molecule has 5 nitrogen and oxygen atoms in total. The van der Waals surface area contributed by atoms with E-state index in [0.717, 1.165) is 31.7 Å². The third-order valence-corrected chi connectivity index (χ3v) is 4.42. The highest BCUT2D eigenvalue weighted by molar-refractivity contribution is 5.77. The summed E-state index contributed by atoms with van der Waals surface area (Å²) in [5.74, 6) is 3.35. The molecule has 0 bridgehead atoms. The zero-order valence-corrected chi connectivity index (χ0v) is 14.5. The summed E-state index contributed by atoms with van der Waals surface area (Å²) in [6.45, 7) is 4.88. The zero-order valence-electron chi connectivity index (χ0n) is 14.5. The average molecular weight is 329 g/mol. The fourth-order valence-corrected chi connectivity index (χ4v) is 2.97. The highest BCUT2D eigenvalue weighted by Gasteiger charge is 2.21. The second kappa shape index (κ2) is 9.31. The highest BCUT2D eigenvalue weighted by Crippen LogP contribution is 2.20. The van der Waals surface area contributed by atoms with E-state index in [1.54, 1.807) is 7.05 Å². The van der Waals surface area contributed by atoms with Crippen molar-refractivity contribution in [2.24, 2.45) is 0 Å². The van der Waals surface area contributed by atoms with Crippen molar-refractivity contribution in [3.8, 4) is 18.1 Å². The monoisotopic (exact) mass is 329 g/mol. The highest BCUT2D eigenvalue weighted by atomic mass is 16.5. The summed E-state index contributed by atoms with van der Waals surface area (Å²) < 4.78 is 5.40. The Morgan fingerprint density at radius 2 is 2.04 bits per heavy atom. The Bertz CT molecular complexity index is 557. The van der Waals surface area contributed by atoms with E-state index in [1.165, 1.54) is 5.56 Å². The number of piperidine rings is 1. The summed E-state index contributed by atoms with van der Waals surface area (Å²) in [4.78, 5) is 13.6. The molecule has 24 heavy (non-hydrogen) atoms. The van der Waals surface area contributed by atoms with Crippen molar-refractivity contribution in [1.82, 2.24) is 15.5 Å². The first-order valence-corrected chi connectivity index (χ1v) is 8.47. The molecule has 1 aliphatic rings. The van der Waals surface area contributed by atoms with Gasteiger partial charge in [0, 0.05) is 32.2 Å². The summed E-state index contributed by atoms with van der Waals surface area (Å²) in [5, 5.41) is 6.36. The lowest BCUT2D eigenvalue weighted by molar-refractivity contribution is -0.122.